The van der Waals surface area contributed by atoms with Gasteiger partial charge in [-0.1, -0.05) is 36.7 Å². The smallest absolute Gasteiger partial charge is 0.277 e. The molecule has 8 heteroatoms. The topological polar surface area (TPSA) is 83.4 Å². The van der Waals surface area contributed by atoms with E-state index in [0.29, 0.717) is 22.7 Å². The van der Waals surface area contributed by atoms with Crippen molar-refractivity contribution in [2.24, 2.45) is 0 Å². The maximum Gasteiger partial charge on any atom is 0.277 e. The fraction of sp³-hybridized carbons (Fsp3) is 0.294. The van der Waals surface area contributed by atoms with Gasteiger partial charge in [0.25, 0.3) is 11.3 Å². The van der Waals surface area contributed by atoms with Crippen molar-refractivity contribution in [3.63, 3.8) is 0 Å². The average molecular weight is 360 g/mol. The van der Waals surface area contributed by atoms with Gasteiger partial charge in [-0.25, -0.2) is 4.98 Å². The summed E-state index contributed by atoms with van der Waals surface area (Å²) in [6, 6.07) is 7.30. The predicted octanol–water partition coefficient (Wildman–Crippen LogP) is 2.63. The minimum atomic E-state index is -0.233. The van der Waals surface area contributed by atoms with Crippen molar-refractivity contribution in [2.45, 2.75) is 33.7 Å². The van der Waals surface area contributed by atoms with Gasteiger partial charge in [-0.05, 0) is 25.5 Å². The number of benzene rings is 1. The number of hydrogen-bond donors (Lipinski definition) is 1. The molecule has 0 saturated heterocycles. The van der Waals surface area contributed by atoms with Crippen LogP contribution in [-0.2, 0) is 11.3 Å². The molecular formula is C17H18ClN5O2. The maximum atomic E-state index is 12.4. The number of aromatic nitrogens is 4. The number of amides is 1. The number of H-pyrrole nitrogens is 1. The van der Waals surface area contributed by atoms with Gasteiger partial charge in [0.05, 0.1) is 6.54 Å². The number of nitrogens with zero attached hydrogens (tertiary/aromatic N) is 4. The lowest BCUT2D eigenvalue weighted by Crippen LogP contribution is -2.31. The van der Waals surface area contributed by atoms with E-state index in [9.17, 15) is 9.59 Å². The van der Waals surface area contributed by atoms with Crippen molar-refractivity contribution in [1.29, 1.82) is 0 Å². The summed E-state index contributed by atoms with van der Waals surface area (Å²) in [7, 11) is 0. The Hall–Kier alpha value is -2.67. The van der Waals surface area contributed by atoms with E-state index in [1.165, 1.54) is 9.42 Å². The summed E-state index contributed by atoms with van der Waals surface area (Å²) < 4.78 is 1.25. The molecule has 3 rings (SSSR count). The molecule has 3 aromatic rings. The Balaban J connectivity index is 2.09. The molecule has 2 aromatic heterocycles. The van der Waals surface area contributed by atoms with Crippen LogP contribution >= 0.6 is 11.6 Å². The van der Waals surface area contributed by atoms with Crippen LogP contribution in [0.25, 0.3) is 5.78 Å². The summed E-state index contributed by atoms with van der Waals surface area (Å²) >= 11 is 6.21. The summed E-state index contributed by atoms with van der Waals surface area (Å²) in [6.45, 7) is 5.47. The van der Waals surface area contributed by atoms with E-state index >= 15 is 0 Å². The number of nitrogens with one attached hydrogen (secondary N) is 1. The monoisotopic (exact) mass is 359 g/mol. The fourth-order valence-corrected chi connectivity index (χ4v) is 2.68. The Morgan fingerprint density at radius 3 is 2.68 bits per heavy atom. The molecule has 1 aromatic carbocycles. The van der Waals surface area contributed by atoms with E-state index in [1.807, 2.05) is 18.2 Å². The highest BCUT2D eigenvalue weighted by molar-refractivity contribution is 6.31. The van der Waals surface area contributed by atoms with E-state index < -0.39 is 0 Å². The van der Waals surface area contributed by atoms with Crippen molar-refractivity contribution in [1.82, 2.24) is 19.6 Å². The van der Waals surface area contributed by atoms with E-state index in [0.717, 1.165) is 5.56 Å². The van der Waals surface area contributed by atoms with Gasteiger partial charge in [0.2, 0.25) is 11.9 Å². The molecule has 0 atom stereocenters. The SMILES string of the molecule is CCC(=O)N(Cc1ccccc1Cl)c1nc2nc(C)c(C)c(=O)n2[nH]1. The van der Waals surface area contributed by atoms with Crippen LogP contribution in [0, 0.1) is 13.8 Å². The summed E-state index contributed by atoms with van der Waals surface area (Å²) in [5.74, 6) is 0.359. The predicted molar refractivity (Wildman–Crippen MR) is 96.0 cm³/mol. The molecular weight excluding hydrogens is 342 g/mol. The zero-order chi connectivity index (χ0) is 18.1. The van der Waals surface area contributed by atoms with E-state index in [2.05, 4.69) is 15.1 Å². The van der Waals surface area contributed by atoms with E-state index in [4.69, 9.17) is 11.6 Å². The average Bonchev–Trinajstić information content (AvgIpc) is 3.02. The number of rotatable bonds is 4. The summed E-state index contributed by atoms with van der Waals surface area (Å²) in [5.41, 5.74) is 1.71. The molecule has 0 bridgehead atoms. The Morgan fingerprint density at radius 2 is 2.00 bits per heavy atom. The molecule has 1 N–H and O–H groups in total. The molecule has 130 valence electrons. The number of anilines is 1. The van der Waals surface area contributed by atoms with Crippen molar-refractivity contribution >= 4 is 29.2 Å². The van der Waals surface area contributed by atoms with Crippen LogP contribution in [0.15, 0.2) is 29.1 Å². The third kappa shape index (κ3) is 3.15. The third-order valence-corrected chi connectivity index (χ3v) is 4.47. The molecule has 0 fully saturated rings. The van der Waals surface area contributed by atoms with Crippen molar-refractivity contribution in [2.75, 3.05) is 4.90 Å². The first kappa shape index (κ1) is 17.2. The highest BCUT2D eigenvalue weighted by Gasteiger charge is 2.21. The lowest BCUT2D eigenvalue weighted by atomic mass is 10.2. The number of hydrogen-bond acceptors (Lipinski definition) is 4. The van der Waals surface area contributed by atoms with Crippen LogP contribution in [0.3, 0.4) is 0 Å². The van der Waals surface area contributed by atoms with Crippen molar-refractivity contribution < 1.29 is 4.79 Å². The maximum absolute atomic E-state index is 12.4. The normalized spacial score (nSPS) is 11.0. The summed E-state index contributed by atoms with van der Waals surface area (Å²) in [4.78, 5) is 34.9. The van der Waals surface area contributed by atoms with E-state index in [-0.39, 0.29) is 29.7 Å². The summed E-state index contributed by atoms with van der Waals surface area (Å²) in [5, 5.41) is 3.44. The molecule has 0 aliphatic heterocycles. The van der Waals surface area contributed by atoms with Crippen LogP contribution in [0.2, 0.25) is 5.02 Å². The van der Waals surface area contributed by atoms with Gasteiger partial charge in [-0.2, -0.15) is 9.50 Å². The number of carbonyl (C=O) groups is 1. The number of aryl methyl sites for hydroxylation is 1. The van der Waals surface area contributed by atoms with Gasteiger partial charge < -0.3 is 0 Å². The molecule has 0 aliphatic carbocycles. The number of fused-ring (bicyclic) bond motifs is 1. The number of carbonyl (C=O) groups excluding carboxylic acids is 1. The molecule has 2 heterocycles. The molecule has 0 spiro atoms. The third-order valence-electron chi connectivity index (χ3n) is 4.10. The first-order valence-corrected chi connectivity index (χ1v) is 8.30. The van der Waals surface area contributed by atoms with Gasteiger partial charge in [-0.3, -0.25) is 19.6 Å². The Bertz CT molecular complexity index is 1010. The molecule has 0 radical (unpaired) electrons. The van der Waals surface area contributed by atoms with Crippen LogP contribution in [-0.4, -0.2) is 25.5 Å². The zero-order valence-corrected chi connectivity index (χ0v) is 15.0. The Morgan fingerprint density at radius 1 is 1.28 bits per heavy atom. The molecule has 7 nitrogen and oxygen atoms in total. The zero-order valence-electron chi connectivity index (χ0n) is 14.2. The number of aromatic amines is 1. The largest absolute Gasteiger partial charge is 0.277 e. The second-order valence-electron chi connectivity index (χ2n) is 5.73. The first-order chi connectivity index (χ1) is 11.9. The second kappa shape index (κ2) is 6.68. The minimum absolute atomic E-state index is 0.138. The molecule has 0 saturated carbocycles. The molecule has 0 aliphatic rings. The quantitative estimate of drug-likeness (QED) is 0.776. The summed E-state index contributed by atoms with van der Waals surface area (Å²) in [6.07, 6.45) is 0.294. The van der Waals surface area contributed by atoms with Crippen molar-refractivity contribution in [3.8, 4) is 0 Å². The Kier molecular flexibility index (Phi) is 4.59. The first-order valence-electron chi connectivity index (χ1n) is 7.92. The lowest BCUT2D eigenvalue weighted by molar-refractivity contribution is -0.118. The van der Waals surface area contributed by atoms with Gasteiger partial charge in [-0.15, -0.1) is 0 Å². The molecule has 0 unspecified atom stereocenters. The van der Waals surface area contributed by atoms with Gasteiger partial charge in [0, 0.05) is 22.7 Å². The van der Waals surface area contributed by atoms with Crippen LogP contribution in [0.5, 0.6) is 0 Å². The van der Waals surface area contributed by atoms with Gasteiger partial charge >= 0.3 is 0 Å². The minimum Gasteiger partial charge on any atom is -0.277 e. The molecule has 25 heavy (non-hydrogen) atoms. The fourth-order valence-electron chi connectivity index (χ4n) is 2.48. The second-order valence-corrected chi connectivity index (χ2v) is 6.14. The molecule has 1 amide bonds. The highest BCUT2D eigenvalue weighted by Crippen LogP contribution is 2.20. The lowest BCUT2D eigenvalue weighted by Gasteiger charge is -2.19. The van der Waals surface area contributed by atoms with E-state index in [1.54, 1.807) is 26.8 Å². The van der Waals surface area contributed by atoms with Crippen LogP contribution in [0.1, 0.15) is 30.2 Å². The van der Waals surface area contributed by atoms with Gasteiger partial charge in [0.15, 0.2) is 0 Å². The Labute approximate surface area is 149 Å². The highest BCUT2D eigenvalue weighted by atomic mass is 35.5. The standard InChI is InChI=1S/C17H18ClN5O2/c1-4-14(24)22(9-12-7-5-6-8-13(12)18)17-20-16-19-11(3)10(2)15(25)23(16)21-17/h5-8H,4,9H2,1-3H3,(H,19,20,21). The van der Waals surface area contributed by atoms with Crippen LogP contribution in [0.4, 0.5) is 5.95 Å². The van der Waals surface area contributed by atoms with Crippen LogP contribution < -0.4 is 10.5 Å². The van der Waals surface area contributed by atoms with Gasteiger partial charge in [0.1, 0.15) is 0 Å². The number of halogens is 1. The van der Waals surface area contributed by atoms with Crippen molar-refractivity contribution in [3.05, 3.63) is 56.5 Å².